The highest BCUT2D eigenvalue weighted by Gasteiger charge is 2.34. The van der Waals surface area contributed by atoms with Crippen LogP contribution >= 0.6 is 11.3 Å². The molecule has 1 aromatic carbocycles. The van der Waals surface area contributed by atoms with Gasteiger partial charge in [-0.2, -0.15) is 4.31 Å². The van der Waals surface area contributed by atoms with Gasteiger partial charge in [0.05, 0.1) is 10.5 Å². The Kier molecular flexibility index (Phi) is 6.59. The number of primary amides is 1. The molecule has 2 aromatic rings. The summed E-state index contributed by atoms with van der Waals surface area (Å²) in [7, 11) is -3.63. The number of amides is 2. The lowest BCUT2D eigenvalue weighted by Gasteiger charge is -2.31. The van der Waals surface area contributed by atoms with E-state index < -0.39 is 15.9 Å². The second kappa shape index (κ2) is 8.72. The predicted octanol–water partition coefficient (Wildman–Crippen LogP) is 3.43. The minimum absolute atomic E-state index is 0.205. The zero-order valence-corrected chi connectivity index (χ0v) is 20.2. The molecule has 1 aromatic heterocycles. The Morgan fingerprint density at radius 2 is 1.61 bits per heavy atom. The second-order valence-electron chi connectivity index (χ2n) is 8.25. The van der Waals surface area contributed by atoms with E-state index in [1.54, 1.807) is 6.92 Å². The summed E-state index contributed by atoms with van der Waals surface area (Å²) in [6.07, 6.45) is 0.842. The molecule has 7 nitrogen and oxygen atoms in total. The summed E-state index contributed by atoms with van der Waals surface area (Å²) in [5.41, 5.74) is 9.10. The number of nitrogens with zero attached hydrogens (tertiary/aromatic N) is 1. The molecule has 1 fully saturated rings. The van der Waals surface area contributed by atoms with Crippen LogP contribution in [-0.2, 0) is 14.8 Å². The molecule has 0 bridgehead atoms. The maximum absolute atomic E-state index is 13.2. The number of anilines is 1. The molecule has 0 unspecified atom stereocenters. The lowest BCUT2D eigenvalue weighted by atomic mass is 9.97. The largest absolute Gasteiger partial charge is 0.365 e. The van der Waals surface area contributed by atoms with E-state index in [0.29, 0.717) is 28.3 Å². The number of aryl methyl sites for hydroxylation is 4. The Hall–Kier alpha value is -2.23. The van der Waals surface area contributed by atoms with Crippen LogP contribution in [0.1, 0.15) is 50.3 Å². The highest BCUT2D eigenvalue weighted by molar-refractivity contribution is 7.89. The molecule has 0 atom stereocenters. The fraction of sp³-hybridized carbons (Fsp3) is 0.455. The lowest BCUT2D eigenvalue weighted by Crippen LogP contribution is -2.41. The zero-order chi connectivity index (χ0) is 23.1. The van der Waals surface area contributed by atoms with Crippen LogP contribution in [0.5, 0.6) is 0 Å². The predicted molar refractivity (Wildman–Crippen MR) is 123 cm³/mol. The first-order valence-electron chi connectivity index (χ1n) is 10.2. The monoisotopic (exact) mass is 463 g/mol. The molecule has 3 rings (SSSR count). The number of hydrogen-bond acceptors (Lipinski definition) is 5. The van der Waals surface area contributed by atoms with E-state index in [2.05, 4.69) is 5.32 Å². The lowest BCUT2D eigenvalue weighted by molar-refractivity contribution is -0.120. The van der Waals surface area contributed by atoms with Crippen LogP contribution in [0.15, 0.2) is 17.0 Å². The minimum Gasteiger partial charge on any atom is -0.365 e. The highest BCUT2D eigenvalue weighted by atomic mass is 32.2. The van der Waals surface area contributed by atoms with E-state index in [1.165, 1.54) is 15.6 Å². The third-order valence-electron chi connectivity index (χ3n) is 5.90. The first-order chi connectivity index (χ1) is 14.4. The van der Waals surface area contributed by atoms with Crippen LogP contribution in [0.2, 0.25) is 0 Å². The molecule has 0 radical (unpaired) electrons. The highest BCUT2D eigenvalue weighted by Crippen LogP contribution is 2.34. The van der Waals surface area contributed by atoms with Crippen molar-refractivity contribution in [2.24, 2.45) is 11.7 Å². The summed E-state index contributed by atoms with van der Waals surface area (Å²) in [4.78, 5) is 25.9. The van der Waals surface area contributed by atoms with Gasteiger partial charge in [-0.3, -0.25) is 9.59 Å². The minimum atomic E-state index is -3.63. The number of carbonyl (C=O) groups is 2. The van der Waals surface area contributed by atoms with Crippen LogP contribution in [0, 0.1) is 40.5 Å². The van der Waals surface area contributed by atoms with Gasteiger partial charge in [0.1, 0.15) is 5.00 Å². The summed E-state index contributed by atoms with van der Waals surface area (Å²) in [6, 6.07) is 3.75. The number of benzene rings is 1. The number of piperidine rings is 1. The molecule has 0 saturated carbocycles. The van der Waals surface area contributed by atoms with Gasteiger partial charge >= 0.3 is 0 Å². The third-order valence-corrected chi connectivity index (χ3v) is 9.22. The molecule has 168 valence electrons. The number of rotatable bonds is 5. The van der Waals surface area contributed by atoms with Crippen LogP contribution in [0.3, 0.4) is 0 Å². The van der Waals surface area contributed by atoms with E-state index in [-0.39, 0.29) is 24.9 Å². The maximum atomic E-state index is 13.2. The van der Waals surface area contributed by atoms with Crippen molar-refractivity contribution in [3.05, 3.63) is 44.8 Å². The molecule has 2 amide bonds. The molecule has 0 aliphatic carbocycles. The van der Waals surface area contributed by atoms with Gasteiger partial charge in [0.25, 0.3) is 5.91 Å². The molecule has 0 spiro atoms. The van der Waals surface area contributed by atoms with Crippen molar-refractivity contribution in [3.8, 4) is 0 Å². The van der Waals surface area contributed by atoms with Crippen molar-refractivity contribution in [2.45, 2.75) is 52.4 Å². The summed E-state index contributed by atoms with van der Waals surface area (Å²) in [6.45, 7) is 9.81. The van der Waals surface area contributed by atoms with Crippen LogP contribution < -0.4 is 11.1 Å². The summed E-state index contributed by atoms with van der Waals surface area (Å²) in [5, 5.41) is 3.31. The fourth-order valence-electron chi connectivity index (χ4n) is 4.29. The van der Waals surface area contributed by atoms with Gasteiger partial charge in [-0.15, -0.1) is 11.3 Å². The third kappa shape index (κ3) is 4.53. The fourth-order valence-corrected chi connectivity index (χ4v) is 7.24. The molecular weight excluding hydrogens is 434 g/mol. The summed E-state index contributed by atoms with van der Waals surface area (Å²) in [5.74, 6) is -1.10. The quantitative estimate of drug-likeness (QED) is 0.708. The van der Waals surface area contributed by atoms with Gasteiger partial charge in [0.15, 0.2) is 0 Å². The van der Waals surface area contributed by atoms with Gasteiger partial charge < -0.3 is 11.1 Å². The first-order valence-corrected chi connectivity index (χ1v) is 12.5. The molecular formula is C22H29N3O4S2. The number of sulfonamides is 1. The number of thiophene rings is 1. The van der Waals surface area contributed by atoms with E-state index in [4.69, 9.17) is 5.73 Å². The van der Waals surface area contributed by atoms with Crippen molar-refractivity contribution in [3.63, 3.8) is 0 Å². The van der Waals surface area contributed by atoms with Crippen molar-refractivity contribution < 1.29 is 18.0 Å². The van der Waals surface area contributed by atoms with Gasteiger partial charge in [0, 0.05) is 23.9 Å². The Bertz CT molecular complexity index is 1120. The summed E-state index contributed by atoms with van der Waals surface area (Å²) >= 11 is 1.33. The van der Waals surface area contributed by atoms with Gasteiger partial charge in [-0.05, 0) is 64.2 Å². The van der Waals surface area contributed by atoms with Crippen LogP contribution in [0.4, 0.5) is 5.00 Å². The van der Waals surface area contributed by atoms with Crippen molar-refractivity contribution in [2.75, 3.05) is 18.4 Å². The van der Waals surface area contributed by atoms with Crippen LogP contribution in [-0.4, -0.2) is 37.6 Å². The van der Waals surface area contributed by atoms with E-state index >= 15 is 0 Å². The van der Waals surface area contributed by atoms with Crippen LogP contribution in [0.25, 0.3) is 0 Å². The molecule has 1 aliphatic heterocycles. The zero-order valence-electron chi connectivity index (χ0n) is 18.5. The topological polar surface area (TPSA) is 110 Å². The Labute approximate surface area is 187 Å². The Morgan fingerprint density at radius 1 is 1.06 bits per heavy atom. The summed E-state index contributed by atoms with van der Waals surface area (Å²) < 4.78 is 28.0. The SMILES string of the molecule is Cc1cc(C)c(S(=O)(=O)N2CCC(C(=O)Nc3sc(C)c(C)c3C(N)=O)CC2)c(C)c1. The molecule has 1 saturated heterocycles. The molecule has 31 heavy (non-hydrogen) atoms. The smallest absolute Gasteiger partial charge is 0.251 e. The number of nitrogens with one attached hydrogen (secondary N) is 1. The molecule has 9 heteroatoms. The van der Waals surface area contributed by atoms with Gasteiger partial charge in [0.2, 0.25) is 15.9 Å². The average Bonchev–Trinajstić information content (AvgIpc) is 2.94. The maximum Gasteiger partial charge on any atom is 0.251 e. The molecule has 1 aliphatic rings. The van der Waals surface area contributed by atoms with Crippen molar-refractivity contribution in [1.29, 1.82) is 0 Å². The number of nitrogens with two attached hydrogens (primary N) is 1. The van der Waals surface area contributed by atoms with E-state index in [9.17, 15) is 18.0 Å². The van der Waals surface area contributed by atoms with Crippen molar-refractivity contribution in [1.82, 2.24) is 4.31 Å². The Balaban J connectivity index is 1.72. The molecule has 3 N–H and O–H groups in total. The average molecular weight is 464 g/mol. The van der Waals surface area contributed by atoms with Gasteiger partial charge in [-0.1, -0.05) is 17.7 Å². The second-order valence-corrected chi connectivity index (χ2v) is 11.3. The van der Waals surface area contributed by atoms with Crippen molar-refractivity contribution >= 4 is 38.2 Å². The normalized spacial score (nSPS) is 15.8. The molecule has 2 heterocycles. The van der Waals surface area contributed by atoms with E-state index in [0.717, 1.165) is 27.1 Å². The number of hydrogen-bond donors (Lipinski definition) is 2. The van der Waals surface area contributed by atoms with Gasteiger partial charge in [-0.25, -0.2) is 8.42 Å². The number of carbonyl (C=O) groups excluding carboxylic acids is 2. The standard InChI is InChI=1S/C22H29N3O4S2/c1-12-10-13(2)19(14(3)11-12)31(28,29)25-8-6-17(7-9-25)21(27)24-22-18(20(23)26)15(4)16(5)30-22/h10-11,17H,6-9H2,1-5H3,(H2,23,26)(H,24,27). The Morgan fingerprint density at radius 3 is 2.13 bits per heavy atom. The first kappa shape index (κ1) is 23.4. The van der Waals surface area contributed by atoms with E-state index in [1.807, 2.05) is 39.8 Å².